The Kier molecular flexibility index (Phi) is 47.2. The third kappa shape index (κ3) is 48.3. The van der Waals surface area contributed by atoms with E-state index in [0.29, 0.717) is 12.8 Å². The van der Waals surface area contributed by atoms with E-state index in [1.54, 1.807) is 0 Å². The summed E-state index contributed by atoms with van der Waals surface area (Å²) in [6.45, 7) is 6.21. The van der Waals surface area contributed by atoms with Crippen LogP contribution in [0.15, 0.2) is 146 Å². The fourth-order valence-electron chi connectivity index (χ4n) is 6.14. The van der Waals surface area contributed by atoms with Crippen LogP contribution < -0.4 is 0 Å². The molecule has 0 aliphatic rings. The summed E-state index contributed by atoms with van der Waals surface area (Å²) in [7, 11) is 0. The average Bonchev–Trinajstić information content (AvgIpc) is 3.29. The number of carbonyl (C=O) groups is 3. The number of hydrogen-bond donors (Lipinski definition) is 0. The molecular formula is C58H88O6. The molecule has 0 aromatic heterocycles. The summed E-state index contributed by atoms with van der Waals surface area (Å²) in [6.07, 6.45) is 72.6. The van der Waals surface area contributed by atoms with Gasteiger partial charge >= 0.3 is 17.9 Å². The minimum atomic E-state index is -0.835. The highest BCUT2D eigenvalue weighted by atomic mass is 16.6. The zero-order valence-corrected chi connectivity index (χ0v) is 40.5. The van der Waals surface area contributed by atoms with Crippen LogP contribution in [0.5, 0.6) is 0 Å². The molecule has 6 nitrogen and oxygen atoms in total. The Hall–Kier alpha value is -4.71. The normalized spacial score (nSPS) is 13.4. The largest absolute Gasteiger partial charge is 0.462 e. The predicted octanol–water partition coefficient (Wildman–Crippen LogP) is 16.5. The maximum atomic E-state index is 12.8. The fourth-order valence-corrected chi connectivity index (χ4v) is 6.14. The molecule has 0 N–H and O–H groups in total. The lowest BCUT2D eigenvalue weighted by Crippen LogP contribution is -2.30. The highest BCUT2D eigenvalue weighted by Crippen LogP contribution is 2.12. The van der Waals surface area contributed by atoms with Gasteiger partial charge in [0.1, 0.15) is 13.2 Å². The molecule has 6 heteroatoms. The lowest BCUT2D eigenvalue weighted by atomic mass is 10.1. The van der Waals surface area contributed by atoms with Crippen molar-refractivity contribution in [3.05, 3.63) is 146 Å². The first-order chi connectivity index (χ1) is 31.5. The number of allylic oxidation sites excluding steroid dienone is 24. The first-order valence-electron chi connectivity index (χ1n) is 25.0. The first kappa shape index (κ1) is 59.3. The van der Waals surface area contributed by atoms with Gasteiger partial charge in [-0.3, -0.25) is 14.4 Å². The van der Waals surface area contributed by atoms with Gasteiger partial charge in [-0.05, 0) is 77.0 Å². The zero-order valence-electron chi connectivity index (χ0n) is 40.5. The van der Waals surface area contributed by atoms with Gasteiger partial charge in [0.05, 0.1) is 0 Å². The highest BCUT2D eigenvalue weighted by Gasteiger charge is 2.19. The van der Waals surface area contributed by atoms with E-state index in [2.05, 4.69) is 51.2 Å². The summed E-state index contributed by atoms with van der Waals surface area (Å²) < 4.78 is 16.7. The number of rotatable bonds is 42. The molecule has 0 radical (unpaired) electrons. The van der Waals surface area contributed by atoms with Crippen LogP contribution in [0.1, 0.15) is 181 Å². The van der Waals surface area contributed by atoms with E-state index in [1.165, 1.54) is 57.8 Å². The highest BCUT2D eigenvalue weighted by molar-refractivity contribution is 5.71. The van der Waals surface area contributed by atoms with Crippen LogP contribution in [-0.4, -0.2) is 37.2 Å². The Morgan fingerprint density at radius 1 is 0.328 bits per heavy atom. The molecule has 0 saturated heterocycles. The standard InChI is InChI=1S/C58H88O6/c1-4-7-10-13-16-19-22-25-27-29-31-33-36-39-42-45-48-51-57(60)63-54-55(53-62-56(59)50-47-44-41-38-35-32-24-21-18-15-12-9-6-3)64-58(61)52-49-46-43-40-37-34-30-28-26-23-20-17-14-11-8-5-2/h7,9-10,12-13,15-16,18-19,21-22,24-25,27-33,35-36,38,41,55H,4-6,8,11,14,17,20,23,26,34,37,39-40,42-54H2,1-3H3/b10-7+,12-9+,16-13+,18-15+,22-19+,24-21+,27-25+,30-28+,31-29+,35-32+,36-33+,41-38+. The number of esters is 3. The van der Waals surface area contributed by atoms with Crippen molar-refractivity contribution in [1.29, 1.82) is 0 Å². The van der Waals surface area contributed by atoms with Crippen molar-refractivity contribution in [1.82, 2.24) is 0 Å². The van der Waals surface area contributed by atoms with Crippen LogP contribution in [0, 0.1) is 0 Å². The van der Waals surface area contributed by atoms with E-state index >= 15 is 0 Å². The van der Waals surface area contributed by atoms with Gasteiger partial charge in [-0.25, -0.2) is 0 Å². The molecule has 1 unspecified atom stereocenters. The summed E-state index contributed by atoms with van der Waals surface area (Å²) in [4.78, 5) is 37.9. The van der Waals surface area contributed by atoms with E-state index in [0.717, 1.165) is 70.6 Å². The molecule has 0 saturated carbocycles. The second-order valence-corrected chi connectivity index (χ2v) is 15.9. The molecule has 0 fully saturated rings. The third-order valence-corrected chi connectivity index (χ3v) is 9.85. The van der Waals surface area contributed by atoms with Crippen molar-refractivity contribution in [2.24, 2.45) is 0 Å². The van der Waals surface area contributed by atoms with E-state index in [4.69, 9.17) is 14.2 Å². The molecule has 1 atom stereocenters. The molecule has 356 valence electrons. The van der Waals surface area contributed by atoms with Crippen molar-refractivity contribution in [2.75, 3.05) is 13.2 Å². The Labute approximate surface area is 391 Å². The molecule has 0 aromatic carbocycles. The van der Waals surface area contributed by atoms with Crippen LogP contribution in [0.3, 0.4) is 0 Å². The molecular weight excluding hydrogens is 793 g/mol. The van der Waals surface area contributed by atoms with Crippen molar-refractivity contribution >= 4 is 17.9 Å². The topological polar surface area (TPSA) is 78.9 Å². The molecule has 0 amide bonds. The van der Waals surface area contributed by atoms with Crippen molar-refractivity contribution in [3.8, 4) is 0 Å². The van der Waals surface area contributed by atoms with E-state index < -0.39 is 6.10 Å². The molecule has 0 aromatic rings. The molecule has 0 aliphatic carbocycles. The maximum absolute atomic E-state index is 12.8. The van der Waals surface area contributed by atoms with E-state index in [-0.39, 0.29) is 50.4 Å². The van der Waals surface area contributed by atoms with E-state index in [1.807, 2.05) is 115 Å². The predicted molar refractivity (Wildman–Crippen MR) is 274 cm³/mol. The van der Waals surface area contributed by atoms with Crippen LogP contribution in [0.4, 0.5) is 0 Å². The lowest BCUT2D eigenvalue weighted by Gasteiger charge is -2.18. The van der Waals surface area contributed by atoms with Gasteiger partial charge in [0.25, 0.3) is 0 Å². The smallest absolute Gasteiger partial charge is 0.306 e. The van der Waals surface area contributed by atoms with Crippen LogP contribution in [0.2, 0.25) is 0 Å². The third-order valence-electron chi connectivity index (χ3n) is 9.85. The zero-order chi connectivity index (χ0) is 46.5. The monoisotopic (exact) mass is 881 g/mol. The van der Waals surface area contributed by atoms with Gasteiger partial charge in [0.2, 0.25) is 0 Å². The number of ether oxygens (including phenoxy) is 3. The van der Waals surface area contributed by atoms with Gasteiger partial charge in [0, 0.05) is 19.3 Å². The molecule has 0 spiro atoms. The molecule has 0 rings (SSSR count). The van der Waals surface area contributed by atoms with Crippen LogP contribution in [-0.2, 0) is 28.6 Å². The summed E-state index contributed by atoms with van der Waals surface area (Å²) in [5, 5.41) is 0. The van der Waals surface area contributed by atoms with Crippen LogP contribution >= 0.6 is 0 Å². The summed E-state index contributed by atoms with van der Waals surface area (Å²) in [5.41, 5.74) is 0. The lowest BCUT2D eigenvalue weighted by molar-refractivity contribution is -0.167. The minimum Gasteiger partial charge on any atom is -0.462 e. The Morgan fingerprint density at radius 2 is 0.641 bits per heavy atom. The second-order valence-electron chi connectivity index (χ2n) is 15.9. The van der Waals surface area contributed by atoms with Gasteiger partial charge in [-0.15, -0.1) is 0 Å². The van der Waals surface area contributed by atoms with Gasteiger partial charge in [-0.2, -0.15) is 0 Å². The fraction of sp³-hybridized carbons (Fsp3) is 0.534. The Balaban J connectivity index is 4.62. The van der Waals surface area contributed by atoms with Gasteiger partial charge in [0.15, 0.2) is 6.10 Å². The quantitative estimate of drug-likeness (QED) is 0.0200. The Morgan fingerprint density at radius 3 is 1.08 bits per heavy atom. The SMILES string of the molecule is CC/C=C/C=C/C=C/C=C/C=C/C=C/CCCCCC(=O)OCC(COC(=O)CCC/C=C/C=C/C=C/C=C/C=C/CC)OC(=O)CCCCCCC/C=C/CCCCCCCCC. The second kappa shape index (κ2) is 50.9. The minimum absolute atomic E-state index is 0.134. The Bertz CT molecular complexity index is 1480. The summed E-state index contributed by atoms with van der Waals surface area (Å²) >= 11 is 0. The number of carbonyl (C=O) groups excluding carboxylic acids is 3. The molecule has 0 bridgehead atoms. The summed E-state index contributed by atoms with van der Waals surface area (Å²) in [5.74, 6) is -1.07. The number of unbranched alkanes of at least 4 members (excludes halogenated alkanes) is 16. The molecule has 64 heavy (non-hydrogen) atoms. The molecule has 0 heterocycles. The average molecular weight is 881 g/mol. The van der Waals surface area contributed by atoms with Crippen molar-refractivity contribution in [3.63, 3.8) is 0 Å². The van der Waals surface area contributed by atoms with Crippen molar-refractivity contribution < 1.29 is 28.6 Å². The van der Waals surface area contributed by atoms with Crippen LogP contribution in [0.25, 0.3) is 0 Å². The van der Waals surface area contributed by atoms with Crippen molar-refractivity contribution in [2.45, 2.75) is 187 Å². The number of hydrogen-bond acceptors (Lipinski definition) is 6. The van der Waals surface area contributed by atoms with E-state index in [9.17, 15) is 14.4 Å². The maximum Gasteiger partial charge on any atom is 0.306 e. The molecule has 0 aliphatic heterocycles. The van der Waals surface area contributed by atoms with Gasteiger partial charge in [-0.1, -0.05) is 231 Å². The summed E-state index contributed by atoms with van der Waals surface area (Å²) in [6, 6.07) is 0. The van der Waals surface area contributed by atoms with Gasteiger partial charge < -0.3 is 14.2 Å². The first-order valence-corrected chi connectivity index (χ1v) is 25.0.